The molecule has 0 aromatic heterocycles. The minimum absolute atomic E-state index is 0.0419. The van der Waals surface area contributed by atoms with E-state index < -0.39 is 17.4 Å². The van der Waals surface area contributed by atoms with Crippen LogP contribution in [0.25, 0.3) is 0 Å². The molecule has 234 valence electrons. The van der Waals surface area contributed by atoms with E-state index in [0.717, 1.165) is 11.1 Å². The van der Waals surface area contributed by atoms with E-state index in [9.17, 15) is 24.6 Å². The van der Waals surface area contributed by atoms with Crippen LogP contribution in [0, 0.1) is 5.92 Å². The van der Waals surface area contributed by atoms with Gasteiger partial charge in [0.05, 0.1) is 18.3 Å². The van der Waals surface area contributed by atoms with Crippen LogP contribution in [0.3, 0.4) is 0 Å². The van der Waals surface area contributed by atoms with Gasteiger partial charge in [-0.3, -0.25) is 19.3 Å². The summed E-state index contributed by atoms with van der Waals surface area (Å²) in [5, 5.41) is 25.1. The normalized spacial score (nSPS) is 19.5. The second kappa shape index (κ2) is 12.6. The summed E-state index contributed by atoms with van der Waals surface area (Å²) >= 11 is 0. The van der Waals surface area contributed by atoms with Gasteiger partial charge in [-0.25, -0.2) is 0 Å². The lowest BCUT2D eigenvalue weighted by Crippen LogP contribution is -2.46. The summed E-state index contributed by atoms with van der Waals surface area (Å²) in [4.78, 5) is 43.6. The predicted molar refractivity (Wildman–Crippen MR) is 177 cm³/mol. The van der Waals surface area contributed by atoms with E-state index in [0.29, 0.717) is 46.8 Å². The number of aliphatic hydroxyl groups excluding tert-OH is 1. The van der Waals surface area contributed by atoms with Crippen LogP contribution < -0.4 is 16.0 Å². The second-order valence-electron chi connectivity index (χ2n) is 11.8. The number of nitrogens with two attached hydrogens (primary N) is 1. The fourth-order valence-electron chi connectivity index (χ4n) is 6.29. The Bertz CT molecular complexity index is 1810. The highest BCUT2D eigenvalue weighted by Gasteiger charge is 2.53. The Kier molecular flexibility index (Phi) is 8.44. The maximum Gasteiger partial charge on any atom is 0.268 e. The molecular formula is C37H36N4O5. The molecule has 4 aromatic carbocycles. The van der Waals surface area contributed by atoms with Gasteiger partial charge in [-0.05, 0) is 72.1 Å². The first-order chi connectivity index (χ1) is 22.2. The van der Waals surface area contributed by atoms with Crippen molar-refractivity contribution < 1.29 is 24.6 Å². The largest absolute Gasteiger partial charge is 0.399 e. The zero-order valence-electron chi connectivity index (χ0n) is 25.5. The maximum atomic E-state index is 14.1. The molecule has 0 bridgehead atoms. The minimum Gasteiger partial charge on any atom is -0.399 e. The van der Waals surface area contributed by atoms with Gasteiger partial charge in [-0.1, -0.05) is 61.5 Å². The first-order valence-corrected chi connectivity index (χ1v) is 15.3. The molecule has 3 atom stereocenters. The Morgan fingerprint density at radius 1 is 1.00 bits per heavy atom. The van der Waals surface area contributed by atoms with Gasteiger partial charge in [0.25, 0.3) is 11.8 Å². The van der Waals surface area contributed by atoms with Crippen LogP contribution in [0.2, 0.25) is 0 Å². The van der Waals surface area contributed by atoms with Gasteiger partial charge < -0.3 is 26.2 Å². The van der Waals surface area contributed by atoms with Crippen LogP contribution in [0.5, 0.6) is 0 Å². The molecule has 4 aromatic rings. The van der Waals surface area contributed by atoms with E-state index >= 15 is 0 Å². The van der Waals surface area contributed by atoms with Gasteiger partial charge in [-0.2, -0.15) is 0 Å². The summed E-state index contributed by atoms with van der Waals surface area (Å²) in [6.07, 6.45) is 3.97. The molecule has 0 radical (unpaired) electrons. The molecule has 0 spiro atoms. The number of aliphatic hydroxyl groups is 2. The summed E-state index contributed by atoms with van der Waals surface area (Å²) in [6.45, 7) is 2.00. The predicted octanol–water partition coefficient (Wildman–Crippen LogP) is 4.92. The standard InChI is InChI=1S/C37H36N4O5/c1-24(8-7-13-34(43)40-22-27-10-6-5-9-26(27)20-31(40)23-42)37(46)32-21-29(39-35(44)25-14-16-28(38)17-15-25)18-19-33(32)41(36(37)45)30-11-3-2-4-12-30/h2-12,14-19,21,24,31,42,46H,13,20,22-23,38H2,1H3,(H,39,44)/b8-7+/t24-,31+,37+/m1/s1. The van der Waals surface area contributed by atoms with Gasteiger partial charge >= 0.3 is 0 Å². The van der Waals surface area contributed by atoms with Crippen molar-refractivity contribution in [1.29, 1.82) is 0 Å². The Hall–Kier alpha value is -5.25. The summed E-state index contributed by atoms with van der Waals surface area (Å²) in [6, 6.07) is 28.2. The monoisotopic (exact) mass is 616 g/mol. The fraction of sp³-hybridized carbons (Fsp3) is 0.216. The fourth-order valence-corrected chi connectivity index (χ4v) is 6.29. The third-order valence-corrected chi connectivity index (χ3v) is 8.89. The number of benzene rings is 4. The number of para-hydroxylation sites is 1. The highest BCUT2D eigenvalue weighted by atomic mass is 16.3. The van der Waals surface area contributed by atoms with Gasteiger partial charge in [0, 0.05) is 47.1 Å². The van der Waals surface area contributed by atoms with Crippen molar-refractivity contribution in [2.75, 3.05) is 22.6 Å². The van der Waals surface area contributed by atoms with Gasteiger partial charge in [0.1, 0.15) is 0 Å². The van der Waals surface area contributed by atoms with Crippen molar-refractivity contribution in [3.8, 4) is 0 Å². The molecule has 0 fully saturated rings. The molecule has 0 unspecified atom stereocenters. The molecule has 3 amide bonds. The van der Waals surface area contributed by atoms with Crippen LogP contribution >= 0.6 is 0 Å². The van der Waals surface area contributed by atoms with Crippen LogP contribution in [0.4, 0.5) is 22.7 Å². The smallest absolute Gasteiger partial charge is 0.268 e. The van der Waals surface area contributed by atoms with Gasteiger partial charge in [-0.15, -0.1) is 0 Å². The number of nitrogens with zero attached hydrogens (tertiary/aromatic N) is 2. The number of hydrogen-bond acceptors (Lipinski definition) is 6. The summed E-state index contributed by atoms with van der Waals surface area (Å²) < 4.78 is 0. The molecule has 2 aliphatic rings. The summed E-state index contributed by atoms with van der Waals surface area (Å²) in [7, 11) is 0. The molecule has 0 saturated heterocycles. The highest BCUT2D eigenvalue weighted by molar-refractivity contribution is 6.13. The van der Waals surface area contributed by atoms with Gasteiger partial charge in [0.15, 0.2) is 5.60 Å². The van der Waals surface area contributed by atoms with E-state index in [4.69, 9.17) is 5.73 Å². The number of nitrogens with one attached hydrogen (secondary N) is 1. The van der Waals surface area contributed by atoms with E-state index in [-0.39, 0.29) is 30.9 Å². The van der Waals surface area contributed by atoms with Crippen LogP contribution in [0.1, 0.15) is 40.4 Å². The van der Waals surface area contributed by atoms with Crippen molar-refractivity contribution in [2.45, 2.75) is 38.0 Å². The molecule has 9 nitrogen and oxygen atoms in total. The number of anilines is 4. The molecule has 2 heterocycles. The first-order valence-electron chi connectivity index (χ1n) is 15.3. The average Bonchev–Trinajstić information content (AvgIpc) is 3.30. The number of fused-ring (bicyclic) bond motifs is 2. The second-order valence-corrected chi connectivity index (χ2v) is 11.8. The molecule has 46 heavy (non-hydrogen) atoms. The highest BCUT2D eigenvalue weighted by Crippen LogP contribution is 2.49. The van der Waals surface area contributed by atoms with Crippen LogP contribution in [0.15, 0.2) is 109 Å². The number of nitrogen functional groups attached to an aromatic ring is 1. The average molecular weight is 617 g/mol. The zero-order valence-corrected chi connectivity index (χ0v) is 25.5. The van der Waals surface area contributed by atoms with Crippen LogP contribution in [-0.4, -0.2) is 45.5 Å². The number of hydrogen-bond donors (Lipinski definition) is 4. The van der Waals surface area contributed by atoms with E-state index in [1.54, 1.807) is 78.6 Å². The Labute approximate surface area is 267 Å². The van der Waals surface area contributed by atoms with Crippen molar-refractivity contribution in [2.24, 2.45) is 5.92 Å². The lowest BCUT2D eigenvalue weighted by Gasteiger charge is -2.36. The third kappa shape index (κ3) is 5.66. The van der Waals surface area contributed by atoms with Gasteiger partial charge in [0.2, 0.25) is 5.91 Å². The Balaban J connectivity index is 1.26. The topological polar surface area (TPSA) is 136 Å². The lowest BCUT2D eigenvalue weighted by atomic mass is 9.82. The molecule has 2 aliphatic heterocycles. The summed E-state index contributed by atoms with van der Waals surface area (Å²) in [5.41, 5.74) is 8.75. The molecule has 5 N–H and O–H groups in total. The number of rotatable bonds is 8. The van der Waals surface area contributed by atoms with E-state index in [1.807, 2.05) is 42.5 Å². The molecule has 6 rings (SSSR count). The Morgan fingerprint density at radius 3 is 2.41 bits per heavy atom. The quantitative estimate of drug-likeness (QED) is 0.164. The number of amides is 3. The van der Waals surface area contributed by atoms with Crippen molar-refractivity contribution in [3.63, 3.8) is 0 Å². The molecule has 0 saturated carbocycles. The summed E-state index contributed by atoms with van der Waals surface area (Å²) in [5.74, 6) is -1.78. The van der Waals surface area contributed by atoms with Crippen LogP contribution in [-0.2, 0) is 28.2 Å². The molecule has 9 heteroatoms. The Morgan fingerprint density at radius 2 is 1.70 bits per heavy atom. The lowest BCUT2D eigenvalue weighted by molar-refractivity contribution is -0.138. The maximum absolute atomic E-state index is 14.1. The van der Waals surface area contributed by atoms with Crippen molar-refractivity contribution >= 4 is 40.5 Å². The van der Waals surface area contributed by atoms with Crippen molar-refractivity contribution in [3.05, 3.63) is 131 Å². The number of carbonyl (C=O) groups is 3. The van der Waals surface area contributed by atoms with Crippen molar-refractivity contribution in [1.82, 2.24) is 4.90 Å². The SMILES string of the molecule is C[C@H](/C=C/CC(=O)N1Cc2ccccc2C[C@H]1CO)[C@@]1(O)C(=O)N(c2ccccc2)c2ccc(NC(=O)c3ccc(N)cc3)cc21. The van der Waals surface area contributed by atoms with E-state index in [2.05, 4.69) is 5.32 Å². The zero-order chi connectivity index (χ0) is 32.4. The number of carbonyl (C=O) groups excluding carboxylic acids is 3. The van der Waals surface area contributed by atoms with E-state index in [1.165, 1.54) is 4.90 Å². The molecular weight excluding hydrogens is 580 g/mol. The first kappa shape index (κ1) is 30.8. The molecule has 0 aliphatic carbocycles. The third-order valence-electron chi connectivity index (χ3n) is 8.89. The minimum atomic E-state index is -1.98.